The van der Waals surface area contributed by atoms with E-state index in [0.29, 0.717) is 6.42 Å². The third-order valence-corrected chi connectivity index (χ3v) is 5.40. The van der Waals surface area contributed by atoms with Gasteiger partial charge in [0.15, 0.2) is 0 Å². The molecular formula is C27H49NO4. The molecule has 0 radical (unpaired) electrons. The third kappa shape index (κ3) is 19.3. The Morgan fingerprint density at radius 2 is 1.34 bits per heavy atom. The average Bonchev–Trinajstić information content (AvgIpc) is 2.77. The number of carbonyl (C=O) groups excluding carboxylic acids is 1. The molecule has 3 unspecified atom stereocenters. The molecule has 0 saturated carbocycles. The highest BCUT2D eigenvalue weighted by Gasteiger charge is 2.19. The molecule has 0 saturated heterocycles. The van der Waals surface area contributed by atoms with E-state index in [4.69, 9.17) is 0 Å². The average molecular weight is 452 g/mol. The van der Waals surface area contributed by atoms with E-state index in [2.05, 4.69) is 43.5 Å². The minimum Gasteiger partial charge on any atom is -0.394 e. The fourth-order valence-corrected chi connectivity index (χ4v) is 3.33. The van der Waals surface area contributed by atoms with E-state index in [1.807, 2.05) is 6.08 Å². The van der Waals surface area contributed by atoms with Gasteiger partial charge in [-0.05, 0) is 51.4 Å². The van der Waals surface area contributed by atoms with Crippen molar-refractivity contribution in [1.29, 1.82) is 0 Å². The van der Waals surface area contributed by atoms with Crippen LogP contribution in [0.2, 0.25) is 0 Å². The SMILES string of the molecule is CCCC/C=C\CCCCC(O)CC(=O)NC(CO)C(O)/C=C/CC/C=C/CCCCC. The van der Waals surface area contributed by atoms with Crippen molar-refractivity contribution in [2.75, 3.05) is 6.61 Å². The van der Waals surface area contributed by atoms with Gasteiger partial charge >= 0.3 is 0 Å². The number of unbranched alkanes of at least 4 members (excludes halogenated alkanes) is 8. The van der Waals surface area contributed by atoms with Gasteiger partial charge in [0.2, 0.25) is 5.91 Å². The maximum absolute atomic E-state index is 12.1. The van der Waals surface area contributed by atoms with Crippen LogP contribution in [0, 0.1) is 0 Å². The zero-order chi connectivity index (χ0) is 23.9. The first-order valence-corrected chi connectivity index (χ1v) is 12.8. The molecule has 1 amide bonds. The molecule has 0 heterocycles. The van der Waals surface area contributed by atoms with Crippen LogP contribution in [0.5, 0.6) is 0 Å². The van der Waals surface area contributed by atoms with Crippen molar-refractivity contribution in [2.24, 2.45) is 0 Å². The topological polar surface area (TPSA) is 89.8 Å². The van der Waals surface area contributed by atoms with Gasteiger partial charge in [-0.2, -0.15) is 0 Å². The lowest BCUT2D eigenvalue weighted by Crippen LogP contribution is -2.45. The molecule has 0 fully saturated rings. The second kappa shape index (κ2) is 22.8. The van der Waals surface area contributed by atoms with Crippen LogP contribution in [0.4, 0.5) is 0 Å². The van der Waals surface area contributed by atoms with Crippen LogP contribution in [0.25, 0.3) is 0 Å². The molecule has 32 heavy (non-hydrogen) atoms. The quantitative estimate of drug-likeness (QED) is 0.140. The van der Waals surface area contributed by atoms with Gasteiger partial charge in [0.1, 0.15) is 0 Å². The molecule has 186 valence electrons. The molecule has 0 spiro atoms. The van der Waals surface area contributed by atoms with Crippen LogP contribution in [0.1, 0.15) is 104 Å². The first-order valence-electron chi connectivity index (χ1n) is 12.8. The molecule has 0 aromatic heterocycles. The van der Waals surface area contributed by atoms with Crippen LogP contribution in [-0.2, 0) is 4.79 Å². The molecule has 0 aliphatic heterocycles. The van der Waals surface area contributed by atoms with Crippen LogP contribution >= 0.6 is 0 Å². The van der Waals surface area contributed by atoms with E-state index in [1.54, 1.807) is 6.08 Å². The fourth-order valence-electron chi connectivity index (χ4n) is 3.33. The molecule has 4 N–H and O–H groups in total. The minimum atomic E-state index is -0.950. The van der Waals surface area contributed by atoms with Crippen molar-refractivity contribution in [3.63, 3.8) is 0 Å². The van der Waals surface area contributed by atoms with Crippen molar-refractivity contribution >= 4 is 5.91 Å². The van der Waals surface area contributed by atoms with Gasteiger partial charge < -0.3 is 20.6 Å². The lowest BCUT2D eigenvalue weighted by atomic mass is 10.1. The Bertz CT molecular complexity index is 516. The molecule has 5 nitrogen and oxygen atoms in total. The molecule has 5 heteroatoms. The minimum absolute atomic E-state index is 0.0118. The molecule has 0 aromatic rings. The summed E-state index contributed by atoms with van der Waals surface area (Å²) in [5.74, 6) is -0.349. The number of allylic oxidation sites excluding steroid dienone is 5. The lowest BCUT2D eigenvalue weighted by molar-refractivity contribution is -0.124. The Hall–Kier alpha value is -1.43. The first-order chi connectivity index (χ1) is 15.5. The molecule has 0 aliphatic rings. The summed E-state index contributed by atoms with van der Waals surface area (Å²) in [4.78, 5) is 12.1. The maximum Gasteiger partial charge on any atom is 0.222 e. The second-order valence-electron chi connectivity index (χ2n) is 8.58. The summed E-state index contributed by atoms with van der Waals surface area (Å²) < 4.78 is 0. The number of aliphatic hydroxyl groups excluding tert-OH is 3. The highest BCUT2D eigenvalue weighted by Crippen LogP contribution is 2.09. The van der Waals surface area contributed by atoms with Crippen molar-refractivity contribution in [3.05, 3.63) is 36.5 Å². The van der Waals surface area contributed by atoms with Crippen molar-refractivity contribution < 1.29 is 20.1 Å². The molecule has 3 atom stereocenters. The van der Waals surface area contributed by atoms with Crippen LogP contribution < -0.4 is 5.32 Å². The van der Waals surface area contributed by atoms with E-state index in [0.717, 1.165) is 44.9 Å². The van der Waals surface area contributed by atoms with E-state index in [9.17, 15) is 20.1 Å². The van der Waals surface area contributed by atoms with Crippen LogP contribution in [0.3, 0.4) is 0 Å². The Labute approximate surface area is 196 Å². The van der Waals surface area contributed by atoms with E-state index >= 15 is 0 Å². The fraction of sp³-hybridized carbons (Fsp3) is 0.741. The third-order valence-electron chi connectivity index (χ3n) is 5.40. The smallest absolute Gasteiger partial charge is 0.222 e. The number of nitrogens with one attached hydrogen (secondary N) is 1. The van der Waals surface area contributed by atoms with E-state index in [1.165, 1.54) is 32.1 Å². The Morgan fingerprint density at radius 3 is 1.97 bits per heavy atom. The van der Waals surface area contributed by atoms with Crippen LogP contribution in [0.15, 0.2) is 36.5 Å². The van der Waals surface area contributed by atoms with E-state index in [-0.39, 0.29) is 18.9 Å². The highest BCUT2D eigenvalue weighted by molar-refractivity contribution is 5.76. The summed E-state index contributed by atoms with van der Waals surface area (Å²) in [6.45, 7) is 4.02. The van der Waals surface area contributed by atoms with Gasteiger partial charge in [-0.15, -0.1) is 0 Å². The Kier molecular flexibility index (Phi) is 21.7. The van der Waals surface area contributed by atoms with Crippen LogP contribution in [-0.4, -0.2) is 46.1 Å². The van der Waals surface area contributed by atoms with Gasteiger partial charge in [-0.3, -0.25) is 4.79 Å². The first kappa shape index (κ1) is 30.6. The lowest BCUT2D eigenvalue weighted by Gasteiger charge is -2.20. The standard InChI is InChI=1S/C27H49NO4/c1-3-5-7-9-11-13-15-17-19-21-26(31)25(23-29)28-27(32)22-24(30)20-18-16-14-12-10-8-6-4-2/h10-13,19,21,24-26,29-31H,3-9,14-18,20,22-23H2,1-2H3,(H,28,32)/b12-10-,13-11+,21-19+. The second-order valence-corrected chi connectivity index (χ2v) is 8.58. The summed E-state index contributed by atoms with van der Waals surface area (Å²) in [6, 6.07) is -0.760. The van der Waals surface area contributed by atoms with Crippen molar-refractivity contribution in [3.8, 4) is 0 Å². The summed E-state index contributed by atoms with van der Waals surface area (Å²) in [7, 11) is 0. The van der Waals surface area contributed by atoms with Crippen molar-refractivity contribution in [1.82, 2.24) is 5.32 Å². The molecule has 0 aromatic carbocycles. The maximum atomic E-state index is 12.1. The number of hydrogen-bond donors (Lipinski definition) is 4. The summed E-state index contributed by atoms with van der Waals surface area (Å²) in [5.41, 5.74) is 0. The van der Waals surface area contributed by atoms with Gasteiger partial charge in [-0.1, -0.05) is 82.4 Å². The normalized spacial score (nSPS) is 15.0. The Balaban J connectivity index is 4.02. The summed E-state index contributed by atoms with van der Waals surface area (Å²) in [6.07, 6.45) is 24.2. The number of carbonyl (C=O) groups is 1. The van der Waals surface area contributed by atoms with Gasteiger partial charge in [-0.25, -0.2) is 0 Å². The molecule has 0 aliphatic carbocycles. The molecule has 0 bridgehead atoms. The molecular weight excluding hydrogens is 402 g/mol. The predicted octanol–water partition coefficient (Wildman–Crippen LogP) is 5.36. The van der Waals surface area contributed by atoms with Gasteiger partial charge in [0, 0.05) is 0 Å². The van der Waals surface area contributed by atoms with Crippen molar-refractivity contribution in [2.45, 2.75) is 122 Å². The van der Waals surface area contributed by atoms with E-state index < -0.39 is 18.2 Å². The summed E-state index contributed by atoms with van der Waals surface area (Å²) >= 11 is 0. The zero-order valence-corrected chi connectivity index (χ0v) is 20.6. The highest BCUT2D eigenvalue weighted by atomic mass is 16.3. The van der Waals surface area contributed by atoms with Gasteiger partial charge in [0.25, 0.3) is 0 Å². The number of amides is 1. The van der Waals surface area contributed by atoms with Gasteiger partial charge in [0.05, 0.1) is 31.3 Å². The largest absolute Gasteiger partial charge is 0.394 e. The molecule has 0 rings (SSSR count). The number of rotatable bonds is 21. The Morgan fingerprint density at radius 1 is 0.781 bits per heavy atom. The number of hydrogen-bond acceptors (Lipinski definition) is 4. The predicted molar refractivity (Wildman–Crippen MR) is 134 cm³/mol. The summed E-state index contributed by atoms with van der Waals surface area (Å²) in [5, 5.41) is 32.5. The monoisotopic (exact) mass is 451 g/mol. The number of aliphatic hydroxyl groups is 3. The zero-order valence-electron chi connectivity index (χ0n) is 20.6.